The topological polar surface area (TPSA) is 69.6 Å². The summed E-state index contributed by atoms with van der Waals surface area (Å²) < 4.78 is 0. The Labute approximate surface area is 121 Å². The quantitative estimate of drug-likeness (QED) is 0.898. The summed E-state index contributed by atoms with van der Waals surface area (Å²) in [6.45, 7) is 3.23. The standard InChI is InChI=1S/C14H18N2O3S/c1-14(4-5-14)8-15-13(19)16-6-2-10-9(3-7-20-10)11(16)12(17)18/h3,7,11H,2,4-6,8H2,1H3,(H,15,19)(H,17,18). The van der Waals surface area contributed by atoms with Gasteiger partial charge in [0.2, 0.25) is 0 Å². The number of aliphatic carboxylic acids is 1. The molecule has 20 heavy (non-hydrogen) atoms. The summed E-state index contributed by atoms with van der Waals surface area (Å²) in [4.78, 5) is 26.3. The second-order valence-electron chi connectivity index (χ2n) is 5.95. The predicted octanol–water partition coefficient (Wildman–Crippen LogP) is 2.24. The Morgan fingerprint density at radius 2 is 2.30 bits per heavy atom. The van der Waals surface area contributed by atoms with Gasteiger partial charge in [-0.15, -0.1) is 11.3 Å². The fourth-order valence-corrected chi connectivity index (χ4v) is 3.49. The molecule has 2 aliphatic rings. The van der Waals surface area contributed by atoms with E-state index in [9.17, 15) is 14.7 Å². The van der Waals surface area contributed by atoms with Crippen LogP contribution in [0.1, 0.15) is 36.2 Å². The number of nitrogens with zero attached hydrogens (tertiary/aromatic N) is 1. The van der Waals surface area contributed by atoms with Crippen LogP contribution in [0.3, 0.4) is 0 Å². The summed E-state index contributed by atoms with van der Waals surface area (Å²) >= 11 is 1.57. The summed E-state index contributed by atoms with van der Waals surface area (Å²) in [7, 11) is 0. The zero-order chi connectivity index (χ0) is 14.3. The zero-order valence-electron chi connectivity index (χ0n) is 11.4. The predicted molar refractivity (Wildman–Crippen MR) is 75.8 cm³/mol. The molecule has 0 saturated heterocycles. The number of carbonyl (C=O) groups is 2. The Morgan fingerprint density at radius 1 is 1.55 bits per heavy atom. The lowest BCUT2D eigenvalue weighted by Crippen LogP contribution is -2.48. The van der Waals surface area contributed by atoms with Gasteiger partial charge in [-0.2, -0.15) is 0 Å². The number of hydrogen-bond donors (Lipinski definition) is 2. The van der Waals surface area contributed by atoms with Gasteiger partial charge in [0.15, 0.2) is 6.04 Å². The molecule has 1 saturated carbocycles. The van der Waals surface area contributed by atoms with Gasteiger partial charge in [-0.05, 0) is 41.7 Å². The van der Waals surface area contributed by atoms with Crippen molar-refractivity contribution < 1.29 is 14.7 Å². The average Bonchev–Trinajstić information content (AvgIpc) is 2.97. The molecule has 0 spiro atoms. The maximum absolute atomic E-state index is 12.3. The maximum Gasteiger partial charge on any atom is 0.331 e. The molecule has 2 N–H and O–H groups in total. The summed E-state index contributed by atoms with van der Waals surface area (Å²) in [5.74, 6) is -0.961. The summed E-state index contributed by atoms with van der Waals surface area (Å²) in [5, 5.41) is 14.2. The first-order chi connectivity index (χ1) is 9.50. The Balaban J connectivity index is 1.75. The molecule has 3 rings (SSSR count). The maximum atomic E-state index is 12.3. The largest absolute Gasteiger partial charge is 0.479 e. The van der Waals surface area contributed by atoms with E-state index < -0.39 is 12.0 Å². The molecule has 1 atom stereocenters. The van der Waals surface area contributed by atoms with Crippen LogP contribution in [0.4, 0.5) is 4.79 Å². The van der Waals surface area contributed by atoms with Gasteiger partial charge < -0.3 is 15.3 Å². The fourth-order valence-electron chi connectivity index (χ4n) is 2.58. The van der Waals surface area contributed by atoms with Crippen molar-refractivity contribution in [1.82, 2.24) is 10.2 Å². The van der Waals surface area contributed by atoms with Crippen molar-refractivity contribution in [2.24, 2.45) is 5.41 Å². The van der Waals surface area contributed by atoms with Crippen molar-refractivity contribution in [2.45, 2.75) is 32.2 Å². The zero-order valence-corrected chi connectivity index (χ0v) is 12.2. The van der Waals surface area contributed by atoms with Crippen LogP contribution in [0.2, 0.25) is 0 Å². The molecule has 2 heterocycles. The fraction of sp³-hybridized carbons (Fsp3) is 0.571. The third-order valence-corrected chi connectivity index (χ3v) is 5.23. The summed E-state index contributed by atoms with van der Waals surface area (Å²) in [6, 6.07) is 0.708. The third kappa shape index (κ3) is 2.40. The minimum absolute atomic E-state index is 0.220. The van der Waals surface area contributed by atoms with E-state index in [0.717, 1.165) is 29.7 Å². The van der Waals surface area contributed by atoms with Gasteiger partial charge in [-0.3, -0.25) is 0 Å². The number of rotatable bonds is 3. The number of nitrogens with one attached hydrogen (secondary N) is 1. The number of amides is 2. The number of carboxylic acid groups (broad SMARTS) is 1. The number of fused-ring (bicyclic) bond motifs is 1. The van der Waals surface area contributed by atoms with Crippen LogP contribution < -0.4 is 5.32 Å². The van der Waals surface area contributed by atoms with E-state index in [2.05, 4.69) is 12.2 Å². The molecular weight excluding hydrogens is 276 g/mol. The molecule has 1 unspecified atom stereocenters. The number of thiophene rings is 1. The Bertz CT molecular complexity index is 550. The second kappa shape index (κ2) is 4.77. The Morgan fingerprint density at radius 3 is 2.95 bits per heavy atom. The first-order valence-electron chi connectivity index (χ1n) is 6.84. The molecular formula is C14H18N2O3S. The molecule has 1 aliphatic carbocycles. The highest BCUT2D eigenvalue weighted by Gasteiger charge is 2.40. The monoisotopic (exact) mass is 294 g/mol. The highest BCUT2D eigenvalue weighted by molar-refractivity contribution is 7.10. The lowest BCUT2D eigenvalue weighted by molar-refractivity contribution is -0.142. The van der Waals surface area contributed by atoms with Gasteiger partial charge in [-0.1, -0.05) is 6.92 Å². The van der Waals surface area contributed by atoms with Crippen LogP contribution >= 0.6 is 11.3 Å². The molecule has 1 aliphatic heterocycles. The Kier molecular flexibility index (Phi) is 3.20. The number of carbonyl (C=O) groups excluding carboxylic acids is 1. The van der Waals surface area contributed by atoms with E-state index in [1.165, 1.54) is 4.90 Å². The van der Waals surface area contributed by atoms with E-state index >= 15 is 0 Å². The van der Waals surface area contributed by atoms with Gasteiger partial charge >= 0.3 is 12.0 Å². The van der Waals surface area contributed by atoms with Gasteiger partial charge in [0.05, 0.1) is 0 Å². The molecule has 0 aromatic carbocycles. The molecule has 1 fully saturated rings. The van der Waals surface area contributed by atoms with Gasteiger partial charge in [0.1, 0.15) is 0 Å². The van der Waals surface area contributed by atoms with Gasteiger partial charge in [-0.25, -0.2) is 9.59 Å². The van der Waals surface area contributed by atoms with Crippen molar-refractivity contribution in [2.75, 3.05) is 13.1 Å². The number of carboxylic acids is 1. The van der Waals surface area contributed by atoms with E-state index in [4.69, 9.17) is 0 Å². The normalized spacial score (nSPS) is 23.1. The Hall–Kier alpha value is -1.56. The van der Waals surface area contributed by atoms with E-state index in [-0.39, 0.29) is 11.4 Å². The number of urea groups is 1. The van der Waals surface area contributed by atoms with Gasteiger partial charge in [0.25, 0.3) is 0 Å². The van der Waals surface area contributed by atoms with Crippen LogP contribution in [0.15, 0.2) is 11.4 Å². The molecule has 6 heteroatoms. The van der Waals surface area contributed by atoms with Crippen molar-refractivity contribution in [3.8, 4) is 0 Å². The average molecular weight is 294 g/mol. The lowest BCUT2D eigenvalue weighted by atomic mass is 10.0. The smallest absolute Gasteiger partial charge is 0.331 e. The molecule has 0 radical (unpaired) electrons. The first kappa shape index (κ1) is 13.4. The minimum atomic E-state index is -0.961. The van der Waals surface area contributed by atoms with Crippen molar-refractivity contribution in [1.29, 1.82) is 0 Å². The van der Waals surface area contributed by atoms with Crippen molar-refractivity contribution >= 4 is 23.3 Å². The SMILES string of the molecule is CC1(CNC(=O)N2CCc3sccc3C2C(=O)O)CC1. The highest BCUT2D eigenvalue weighted by atomic mass is 32.1. The summed E-state index contributed by atoms with van der Waals surface area (Å²) in [5.41, 5.74) is 0.985. The van der Waals surface area contributed by atoms with Crippen molar-refractivity contribution in [3.63, 3.8) is 0 Å². The lowest BCUT2D eigenvalue weighted by Gasteiger charge is -2.33. The second-order valence-corrected chi connectivity index (χ2v) is 6.95. The van der Waals surface area contributed by atoms with Crippen molar-refractivity contribution in [3.05, 3.63) is 21.9 Å². The minimum Gasteiger partial charge on any atom is -0.479 e. The highest BCUT2D eigenvalue weighted by Crippen LogP contribution is 2.44. The molecule has 5 nitrogen and oxygen atoms in total. The first-order valence-corrected chi connectivity index (χ1v) is 7.72. The van der Waals surface area contributed by atoms with E-state index in [1.54, 1.807) is 11.3 Å². The molecule has 1 aromatic rings. The van der Waals surface area contributed by atoms with Crippen LogP contribution in [-0.4, -0.2) is 35.1 Å². The third-order valence-electron chi connectivity index (χ3n) is 4.23. The number of hydrogen-bond acceptors (Lipinski definition) is 3. The van der Waals surface area contributed by atoms with Crippen LogP contribution in [-0.2, 0) is 11.2 Å². The molecule has 0 bridgehead atoms. The van der Waals surface area contributed by atoms with Crippen LogP contribution in [0.25, 0.3) is 0 Å². The molecule has 2 amide bonds. The van der Waals surface area contributed by atoms with Gasteiger partial charge in [0, 0.05) is 18.0 Å². The molecule has 108 valence electrons. The van der Waals surface area contributed by atoms with E-state index in [0.29, 0.717) is 13.1 Å². The van der Waals surface area contributed by atoms with E-state index in [1.807, 2.05) is 11.4 Å². The summed E-state index contributed by atoms with van der Waals surface area (Å²) in [6.07, 6.45) is 3.00. The molecule has 1 aromatic heterocycles. The van der Waals surface area contributed by atoms with Crippen LogP contribution in [0, 0.1) is 5.41 Å². The van der Waals surface area contributed by atoms with Crippen LogP contribution in [0.5, 0.6) is 0 Å².